The number of benzene rings is 1. The maximum Gasteiger partial charge on any atom is 0.260 e. The number of ether oxygens (including phenoxy) is 1. The highest BCUT2D eigenvalue weighted by atomic mass is 32.1. The number of aromatic nitrogens is 1. The van der Waals surface area contributed by atoms with E-state index in [0.29, 0.717) is 18.3 Å². The SMILES string of the molecule is O=C(COc1ccc(F)cc1)N(CCc1nccs1)C1CC1. The third kappa shape index (κ3) is 4.04. The van der Waals surface area contributed by atoms with Crippen LogP contribution in [0.4, 0.5) is 4.39 Å². The fourth-order valence-electron chi connectivity index (χ4n) is 2.25. The fraction of sp³-hybridized carbons (Fsp3) is 0.375. The van der Waals surface area contributed by atoms with Gasteiger partial charge >= 0.3 is 0 Å². The minimum Gasteiger partial charge on any atom is -0.484 e. The molecule has 0 spiro atoms. The second-order valence-corrected chi connectivity index (χ2v) is 6.22. The third-order valence-corrected chi connectivity index (χ3v) is 4.37. The van der Waals surface area contributed by atoms with Crippen LogP contribution >= 0.6 is 11.3 Å². The number of carbonyl (C=O) groups is 1. The number of rotatable bonds is 7. The molecular formula is C16H17FN2O2S. The largest absolute Gasteiger partial charge is 0.484 e. The molecular weight excluding hydrogens is 303 g/mol. The summed E-state index contributed by atoms with van der Waals surface area (Å²) in [5, 5.41) is 2.98. The average molecular weight is 320 g/mol. The minimum absolute atomic E-state index is 0.0139. The van der Waals surface area contributed by atoms with Crippen LogP contribution in [0, 0.1) is 5.82 Å². The molecule has 1 heterocycles. The van der Waals surface area contributed by atoms with Crippen LogP contribution in [0.5, 0.6) is 5.75 Å². The smallest absolute Gasteiger partial charge is 0.260 e. The molecule has 22 heavy (non-hydrogen) atoms. The number of hydrogen-bond acceptors (Lipinski definition) is 4. The van der Waals surface area contributed by atoms with Gasteiger partial charge in [0, 0.05) is 30.6 Å². The van der Waals surface area contributed by atoms with Crippen molar-refractivity contribution in [1.82, 2.24) is 9.88 Å². The van der Waals surface area contributed by atoms with Gasteiger partial charge in [-0.3, -0.25) is 4.79 Å². The van der Waals surface area contributed by atoms with Gasteiger partial charge in [0.1, 0.15) is 11.6 Å². The molecule has 1 aromatic heterocycles. The van der Waals surface area contributed by atoms with E-state index < -0.39 is 0 Å². The maximum atomic E-state index is 12.8. The lowest BCUT2D eigenvalue weighted by Gasteiger charge is -2.22. The fourth-order valence-corrected chi connectivity index (χ4v) is 2.86. The molecule has 1 amide bonds. The van der Waals surface area contributed by atoms with Crippen LogP contribution in [-0.2, 0) is 11.2 Å². The standard InChI is InChI=1S/C16H17FN2O2S/c17-12-1-5-14(6-2-12)21-11-16(20)19(13-3-4-13)9-7-15-18-8-10-22-15/h1-2,5-6,8,10,13H,3-4,7,9,11H2. The first-order valence-corrected chi connectivity index (χ1v) is 8.16. The van der Waals surface area contributed by atoms with Crippen molar-refractivity contribution in [2.75, 3.05) is 13.2 Å². The van der Waals surface area contributed by atoms with Gasteiger partial charge in [0.2, 0.25) is 0 Å². The summed E-state index contributed by atoms with van der Waals surface area (Å²) in [4.78, 5) is 18.5. The van der Waals surface area contributed by atoms with Crippen molar-refractivity contribution in [2.24, 2.45) is 0 Å². The summed E-state index contributed by atoms with van der Waals surface area (Å²) in [6.45, 7) is 0.657. The van der Waals surface area contributed by atoms with Gasteiger partial charge in [-0.15, -0.1) is 11.3 Å². The molecule has 116 valence electrons. The first-order chi connectivity index (χ1) is 10.7. The van der Waals surface area contributed by atoms with Crippen LogP contribution < -0.4 is 4.74 Å². The monoisotopic (exact) mass is 320 g/mol. The number of amides is 1. The molecule has 1 fully saturated rings. The summed E-state index contributed by atoms with van der Waals surface area (Å²) in [6, 6.07) is 6.03. The van der Waals surface area contributed by atoms with Crippen LogP contribution in [-0.4, -0.2) is 35.0 Å². The third-order valence-electron chi connectivity index (χ3n) is 3.53. The van der Waals surface area contributed by atoms with E-state index in [9.17, 15) is 9.18 Å². The van der Waals surface area contributed by atoms with Gasteiger partial charge in [0.15, 0.2) is 6.61 Å². The van der Waals surface area contributed by atoms with E-state index in [4.69, 9.17) is 4.74 Å². The first-order valence-electron chi connectivity index (χ1n) is 7.28. The molecule has 1 aromatic carbocycles. The van der Waals surface area contributed by atoms with Gasteiger partial charge in [0.05, 0.1) is 5.01 Å². The molecule has 1 aliphatic carbocycles. The number of carbonyl (C=O) groups excluding carboxylic acids is 1. The quantitative estimate of drug-likeness (QED) is 0.788. The predicted molar refractivity (Wildman–Crippen MR) is 82.4 cm³/mol. The second-order valence-electron chi connectivity index (χ2n) is 5.24. The molecule has 0 unspecified atom stereocenters. The topological polar surface area (TPSA) is 42.4 Å². The van der Waals surface area contributed by atoms with Crippen LogP contribution in [0.2, 0.25) is 0 Å². The van der Waals surface area contributed by atoms with Gasteiger partial charge in [-0.1, -0.05) is 0 Å². The van der Waals surface area contributed by atoms with E-state index in [1.165, 1.54) is 24.3 Å². The highest BCUT2D eigenvalue weighted by Crippen LogP contribution is 2.27. The van der Waals surface area contributed by atoms with Crippen molar-refractivity contribution in [2.45, 2.75) is 25.3 Å². The van der Waals surface area contributed by atoms with E-state index in [2.05, 4.69) is 4.98 Å². The molecule has 0 N–H and O–H groups in total. The Morgan fingerprint density at radius 1 is 1.36 bits per heavy atom. The van der Waals surface area contributed by atoms with Crippen molar-refractivity contribution in [3.05, 3.63) is 46.7 Å². The Bertz CT molecular complexity index is 612. The van der Waals surface area contributed by atoms with Gasteiger partial charge in [-0.25, -0.2) is 9.37 Å². The molecule has 0 bridgehead atoms. The van der Waals surface area contributed by atoms with Crippen molar-refractivity contribution in [3.63, 3.8) is 0 Å². The molecule has 1 saturated carbocycles. The number of nitrogens with zero attached hydrogens (tertiary/aromatic N) is 2. The summed E-state index contributed by atoms with van der Waals surface area (Å²) >= 11 is 1.60. The molecule has 0 atom stereocenters. The summed E-state index contributed by atoms with van der Waals surface area (Å²) in [7, 11) is 0. The Morgan fingerprint density at radius 2 is 2.14 bits per heavy atom. The van der Waals surface area contributed by atoms with Gasteiger partial charge in [-0.2, -0.15) is 0 Å². The second kappa shape index (κ2) is 6.87. The highest BCUT2D eigenvalue weighted by Gasteiger charge is 2.32. The Labute approximate surface area is 132 Å². The zero-order valence-electron chi connectivity index (χ0n) is 12.1. The van der Waals surface area contributed by atoms with Crippen molar-refractivity contribution >= 4 is 17.2 Å². The average Bonchev–Trinajstić information content (AvgIpc) is 3.22. The summed E-state index contributed by atoms with van der Waals surface area (Å²) in [5.74, 6) is 0.163. The van der Waals surface area contributed by atoms with E-state index in [1.807, 2.05) is 10.3 Å². The van der Waals surface area contributed by atoms with Crippen LogP contribution in [0.25, 0.3) is 0 Å². The first kappa shape index (κ1) is 15.0. The zero-order chi connectivity index (χ0) is 15.4. The van der Waals surface area contributed by atoms with E-state index in [1.54, 1.807) is 17.5 Å². The van der Waals surface area contributed by atoms with E-state index >= 15 is 0 Å². The van der Waals surface area contributed by atoms with Gasteiger partial charge < -0.3 is 9.64 Å². The molecule has 1 aliphatic rings. The molecule has 4 nitrogen and oxygen atoms in total. The zero-order valence-corrected chi connectivity index (χ0v) is 12.9. The van der Waals surface area contributed by atoms with Crippen LogP contribution in [0.15, 0.2) is 35.8 Å². The molecule has 3 rings (SSSR count). The minimum atomic E-state index is -0.318. The Balaban J connectivity index is 1.52. The van der Waals surface area contributed by atoms with Gasteiger partial charge in [-0.05, 0) is 37.1 Å². The summed E-state index contributed by atoms with van der Waals surface area (Å²) in [6.07, 6.45) is 4.66. The Morgan fingerprint density at radius 3 is 2.77 bits per heavy atom. The predicted octanol–water partition coefficient (Wildman–Crippen LogP) is 2.89. The van der Waals surface area contributed by atoms with Crippen LogP contribution in [0.3, 0.4) is 0 Å². The normalized spacial score (nSPS) is 13.9. The highest BCUT2D eigenvalue weighted by molar-refractivity contribution is 7.09. The van der Waals surface area contributed by atoms with Crippen molar-refractivity contribution < 1.29 is 13.9 Å². The lowest BCUT2D eigenvalue weighted by atomic mass is 10.3. The van der Waals surface area contributed by atoms with Crippen molar-refractivity contribution in [1.29, 1.82) is 0 Å². The van der Waals surface area contributed by atoms with Gasteiger partial charge in [0.25, 0.3) is 5.91 Å². The molecule has 6 heteroatoms. The molecule has 0 aliphatic heterocycles. The summed E-state index contributed by atoms with van der Waals surface area (Å²) in [5.41, 5.74) is 0. The van der Waals surface area contributed by atoms with Crippen molar-refractivity contribution in [3.8, 4) is 5.75 Å². The lowest BCUT2D eigenvalue weighted by Crippen LogP contribution is -2.38. The molecule has 0 saturated heterocycles. The Kier molecular flexibility index (Phi) is 4.68. The molecule has 0 radical (unpaired) electrons. The number of halogens is 1. The van der Waals surface area contributed by atoms with E-state index in [0.717, 1.165) is 24.3 Å². The molecule has 2 aromatic rings. The summed E-state index contributed by atoms with van der Waals surface area (Å²) < 4.78 is 18.3. The Hall–Kier alpha value is -1.95. The number of hydrogen-bond donors (Lipinski definition) is 0. The lowest BCUT2D eigenvalue weighted by molar-refractivity contribution is -0.133. The van der Waals surface area contributed by atoms with E-state index in [-0.39, 0.29) is 18.3 Å². The maximum absolute atomic E-state index is 12.8. The number of thiazole rings is 1. The van der Waals surface area contributed by atoms with Crippen LogP contribution in [0.1, 0.15) is 17.8 Å².